The molecule has 0 saturated carbocycles. The minimum Gasteiger partial charge on any atom is -0.497 e. The third-order valence-electron chi connectivity index (χ3n) is 3.37. The maximum absolute atomic E-state index is 5.10. The summed E-state index contributed by atoms with van der Waals surface area (Å²) in [4.78, 5) is 0. The van der Waals surface area contributed by atoms with Gasteiger partial charge in [-0.15, -0.1) is 0 Å². The van der Waals surface area contributed by atoms with Crippen LogP contribution in [0.5, 0.6) is 11.5 Å². The molecule has 0 heterocycles. The van der Waals surface area contributed by atoms with Crippen LogP contribution >= 0.6 is 0 Å². The van der Waals surface area contributed by atoms with E-state index in [9.17, 15) is 0 Å². The van der Waals surface area contributed by atoms with Crippen LogP contribution in [0, 0.1) is 0 Å². The van der Waals surface area contributed by atoms with Crippen LogP contribution in [0.2, 0.25) is 0 Å². The zero-order valence-electron chi connectivity index (χ0n) is 20.3. The average Bonchev–Trinajstić information content (AvgIpc) is 2.79. The summed E-state index contributed by atoms with van der Waals surface area (Å²) >= 11 is 0. The number of benzene rings is 2. The molecular formula is C26H46O2. The fraction of sp³-hybridized carbons (Fsp3) is 0.538. The summed E-state index contributed by atoms with van der Waals surface area (Å²) in [5.74, 6) is 1.89. The highest BCUT2D eigenvalue weighted by Crippen LogP contribution is 2.13. The third-order valence-corrected chi connectivity index (χ3v) is 3.37. The predicted octanol–water partition coefficient (Wildman–Crippen LogP) is 8.37. The lowest BCUT2D eigenvalue weighted by Gasteiger charge is -2.01. The van der Waals surface area contributed by atoms with Crippen molar-refractivity contribution in [2.45, 2.75) is 81.1 Å². The molecule has 0 saturated heterocycles. The largest absolute Gasteiger partial charge is 0.497 e. The zero-order valence-corrected chi connectivity index (χ0v) is 20.3. The molecule has 0 amide bonds. The fourth-order valence-corrected chi connectivity index (χ4v) is 2.20. The van der Waals surface area contributed by atoms with Gasteiger partial charge in [-0.3, -0.25) is 0 Å². The third kappa shape index (κ3) is 16.2. The van der Waals surface area contributed by atoms with Crippen molar-refractivity contribution in [1.82, 2.24) is 0 Å². The SMILES string of the molecule is CC.CC.CC.CCCc1ccc(OC)cc1.CCCc1cccc(OC)c1. The molecule has 0 aliphatic rings. The van der Waals surface area contributed by atoms with E-state index in [0.29, 0.717) is 0 Å². The van der Waals surface area contributed by atoms with Gasteiger partial charge in [0.05, 0.1) is 14.2 Å². The van der Waals surface area contributed by atoms with Crippen molar-refractivity contribution in [1.29, 1.82) is 0 Å². The van der Waals surface area contributed by atoms with Crippen molar-refractivity contribution < 1.29 is 9.47 Å². The summed E-state index contributed by atoms with van der Waals surface area (Å²) in [7, 11) is 3.39. The van der Waals surface area contributed by atoms with Crippen LogP contribution in [0.15, 0.2) is 48.5 Å². The van der Waals surface area contributed by atoms with E-state index in [4.69, 9.17) is 9.47 Å². The van der Waals surface area contributed by atoms with E-state index in [1.807, 2.05) is 65.8 Å². The Morgan fingerprint density at radius 2 is 1.04 bits per heavy atom. The van der Waals surface area contributed by atoms with Gasteiger partial charge in [0, 0.05) is 0 Å². The second-order valence-electron chi connectivity index (χ2n) is 5.20. The summed E-state index contributed by atoms with van der Waals surface area (Å²) in [6.07, 6.45) is 4.68. The molecule has 2 nitrogen and oxygen atoms in total. The van der Waals surface area contributed by atoms with Crippen molar-refractivity contribution >= 4 is 0 Å². The number of ether oxygens (including phenoxy) is 2. The first-order valence-corrected chi connectivity index (χ1v) is 11.0. The van der Waals surface area contributed by atoms with Gasteiger partial charge in [0.2, 0.25) is 0 Å². The Morgan fingerprint density at radius 1 is 0.571 bits per heavy atom. The van der Waals surface area contributed by atoms with Gasteiger partial charge in [0.25, 0.3) is 0 Å². The highest BCUT2D eigenvalue weighted by Gasteiger charge is 1.93. The van der Waals surface area contributed by atoms with Crippen LogP contribution in [-0.2, 0) is 12.8 Å². The molecule has 0 aliphatic heterocycles. The molecule has 2 aromatic rings. The Morgan fingerprint density at radius 3 is 1.46 bits per heavy atom. The minimum atomic E-state index is 0.935. The first-order valence-electron chi connectivity index (χ1n) is 11.0. The van der Waals surface area contributed by atoms with Gasteiger partial charge in [-0.05, 0) is 48.2 Å². The Kier molecular flexibility index (Phi) is 27.5. The van der Waals surface area contributed by atoms with Crippen LogP contribution in [0.1, 0.15) is 79.4 Å². The van der Waals surface area contributed by atoms with Gasteiger partial charge in [-0.1, -0.05) is 92.5 Å². The molecule has 2 aromatic carbocycles. The van der Waals surface area contributed by atoms with E-state index >= 15 is 0 Å². The summed E-state index contributed by atoms with van der Waals surface area (Å²) in [6, 6.07) is 16.5. The second-order valence-corrected chi connectivity index (χ2v) is 5.20. The number of rotatable bonds is 6. The van der Waals surface area contributed by atoms with E-state index in [1.54, 1.807) is 14.2 Å². The number of hydrogen-bond donors (Lipinski definition) is 0. The zero-order chi connectivity index (χ0) is 22.2. The van der Waals surface area contributed by atoms with Gasteiger partial charge < -0.3 is 9.47 Å². The monoisotopic (exact) mass is 390 g/mol. The van der Waals surface area contributed by atoms with E-state index in [2.05, 4.69) is 38.1 Å². The van der Waals surface area contributed by atoms with Crippen molar-refractivity contribution in [3.8, 4) is 11.5 Å². The second kappa shape index (κ2) is 25.0. The average molecular weight is 391 g/mol. The maximum Gasteiger partial charge on any atom is 0.119 e. The van der Waals surface area contributed by atoms with Crippen LogP contribution in [0.4, 0.5) is 0 Å². The lowest BCUT2D eigenvalue weighted by molar-refractivity contribution is 0.414. The van der Waals surface area contributed by atoms with Crippen LogP contribution in [-0.4, -0.2) is 14.2 Å². The highest BCUT2D eigenvalue weighted by molar-refractivity contribution is 5.28. The number of hydrogen-bond acceptors (Lipinski definition) is 2. The van der Waals surface area contributed by atoms with Gasteiger partial charge in [0.1, 0.15) is 11.5 Å². The van der Waals surface area contributed by atoms with E-state index in [-0.39, 0.29) is 0 Å². The van der Waals surface area contributed by atoms with E-state index < -0.39 is 0 Å². The molecule has 0 spiro atoms. The molecule has 0 unspecified atom stereocenters. The van der Waals surface area contributed by atoms with Crippen LogP contribution < -0.4 is 9.47 Å². The molecule has 2 rings (SSSR count). The van der Waals surface area contributed by atoms with Crippen molar-refractivity contribution in [3.05, 3.63) is 59.7 Å². The molecule has 0 fully saturated rings. The Hall–Kier alpha value is -1.96. The molecule has 0 bridgehead atoms. The quantitative estimate of drug-likeness (QED) is 0.493. The lowest BCUT2D eigenvalue weighted by atomic mass is 10.1. The molecule has 0 N–H and O–H groups in total. The van der Waals surface area contributed by atoms with E-state index in [0.717, 1.165) is 24.3 Å². The first-order chi connectivity index (χ1) is 13.7. The molecule has 0 radical (unpaired) electrons. The van der Waals surface area contributed by atoms with Crippen LogP contribution in [0.25, 0.3) is 0 Å². The van der Waals surface area contributed by atoms with Gasteiger partial charge in [-0.25, -0.2) is 0 Å². The summed E-state index contributed by atoms with van der Waals surface area (Å²) < 4.78 is 10.1. The normalized spacial score (nSPS) is 8.21. The molecule has 0 atom stereocenters. The lowest BCUT2D eigenvalue weighted by Crippen LogP contribution is -1.86. The van der Waals surface area contributed by atoms with Gasteiger partial charge in [0.15, 0.2) is 0 Å². The van der Waals surface area contributed by atoms with Crippen molar-refractivity contribution in [3.63, 3.8) is 0 Å². The molecular weight excluding hydrogens is 344 g/mol. The Labute approximate surface area is 176 Å². The standard InChI is InChI=1S/2C10H14O.3C2H6/c1-3-5-9-6-4-7-10(8-9)11-2;1-3-4-9-5-7-10(11-2)8-6-9;3*1-2/h4,6-8H,3,5H2,1-2H3;5-8H,3-4H2,1-2H3;3*1-2H3. The van der Waals surface area contributed by atoms with E-state index in [1.165, 1.54) is 24.0 Å². The summed E-state index contributed by atoms with van der Waals surface area (Å²) in [5, 5.41) is 0. The fourth-order valence-electron chi connectivity index (χ4n) is 2.20. The topological polar surface area (TPSA) is 18.5 Å². The number of methoxy groups -OCH3 is 2. The molecule has 28 heavy (non-hydrogen) atoms. The number of aryl methyl sites for hydroxylation is 2. The molecule has 0 aromatic heterocycles. The smallest absolute Gasteiger partial charge is 0.119 e. The molecule has 0 aliphatic carbocycles. The summed E-state index contributed by atoms with van der Waals surface area (Å²) in [6.45, 7) is 16.4. The van der Waals surface area contributed by atoms with Gasteiger partial charge in [-0.2, -0.15) is 0 Å². The first kappa shape index (κ1) is 30.8. The van der Waals surface area contributed by atoms with Gasteiger partial charge >= 0.3 is 0 Å². The molecule has 162 valence electrons. The van der Waals surface area contributed by atoms with Crippen molar-refractivity contribution in [2.75, 3.05) is 14.2 Å². The molecule has 2 heteroatoms. The Bertz CT molecular complexity index is 518. The Balaban J connectivity index is -0.000000352. The van der Waals surface area contributed by atoms with Crippen LogP contribution in [0.3, 0.4) is 0 Å². The predicted molar refractivity (Wildman–Crippen MR) is 128 cm³/mol. The summed E-state index contributed by atoms with van der Waals surface area (Å²) in [5.41, 5.74) is 2.74. The highest BCUT2D eigenvalue weighted by atomic mass is 16.5. The maximum atomic E-state index is 5.10. The minimum absolute atomic E-state index is 0.935. The van der Waals surface area contributed by atoms with Crippen molar-refractivity contribution in [2.24, 2.45) is 0 Å².